The normalized spacial score (nSPS) is 18.9. The lowest BCUT2D eigenvalue weighted by Gasteiger charge is -2.36. The molecule has 0 N–H and O–H groups in total. The van der Waals surface area contributed by atoms with Crippen molar-refractivity contribution >= 4 is 17.7 Å². The molecular formula is C20H21NO4S. The molecule has 1 saturated heterocycles. The van der Waals surface area contributed by atoms with Crippen LogP contribution in [0, 0.1) is 0 Å². The molecule has 0 saturated carbocycles. The van der Waals surface area contributed by atoms with Crippen LogP contribution in [0.3, 0.4) is 0 Å². The number of thioether (sulfide) groups is 1. The number of benzene rings is 2. The van der Waals surface area contributed by atoms with Crippen molar-refractivity contribution in [3.05, 3.63) is 53.6 Å². The lowest BCUT2D eigenvalue weighted by molar-refractivity contribution is -0.132. The molecule has 6 heteroatoms. The minimum Gasteiger partial charge on any atom is -0.493 e. The smallest absolute Gasteiger partial charge is 0.231 e. The van der Waals surface area contributed by atoms with Gasteiger partial charge in [-0.15, -0.1) is 11.8 Å². The Kier molecular flexibility index (Phi) is 4.93. The third kappa shape index (κ3) is 3.33. The first-order valence-corrected chi connectivity index (χ1v) is 9.82. The molecule has 2 aromatic rings. The molecule has 4 rings (SSSR count). The van der Waals surface area contributed by atoms with Crippen molar-refractivity contribution in [2.24, 2.45) is 0 Å². The molecule has 0 radical (unpaired) electrons. The maximum atomic E-state index is 12.7. The Hall–Kier alpha value is -2.34. The van der Waals surface area contributed by atoms with Gasteiger partial charge in [0.15, 0.2) is 11.5 Å². The second kappa shape index (κ2) is 7.50. The number of hydrogen-bond donors (Lipinski definition) is 0. The highest BCUT2D eigenvalue weighted by molar-refractivity contribution is 7.99. The van der Waals surface area contributed by atoms with Gasteiger partial charge in [0.2, 0.25) is 12.7 Å². The Morgan fingerprint density at radius 2 is 2.04 bits per heavy atom. The van der Waals surface area contributed by atoms with E-state index < -0.39 is 0 Å². The van der Waals surface area contributed by atoms with Gasteiger partial charge in [-0.1, -0.05) is 24.3 Å². The minimum absolute atomic E-state index is 0.0515. The van der Waals surface area contributed by atoms with E-state index in [1.807, 2.05) is 54.3 Å². The van der Waals surface area contributed by atoms with Crippen LogP contribution in [0.1, 0.15) is 29.8 Å². The molecule has 26 heavy (non-hydrogen) atoms. The van der Waals surface area contributed by atoms with E-state index in [1.165, 1.54) is 0 Å². The number of fused-ring (bicyclic) bond motifs is 1. The predicted octanol–water partition coefficient (Wildman–Crippen LogP) is 3.98. The summed E-state index contributed by atoms with van der Waals surface area (Å²) in [5.41, 5.74) is 2.08. The van der Waals surface area contributed by atoms with Crippen LogP contribution in [0.15, 0.2) is 42.5 Å². The lowest BCUT2D eigenvalue weighted by atomic mass is 10.1. The molecule has 2 aliphatic rings. The molecule has 1 atom stereocenters. The second-order valence-corrected chi connectivity index (χ2v) is 7.34. The van der Waals surface area contributed by atoms with Gasteiger partial charge in [-0.3, -0.25) is 4.79 Å². The number of nitrogens with zero attached hydrogens (tertiary/aromatic N) is 1. The summed E-state index contributed by atoms with van der Waals surface area (Å²) in [5, 5.41) is -0.0515. The molecule has 1 amide bonds. The molecule has 2 aliphatic heterocycles. The van der Waals surface area contributed by atoms with Crippen LogP contribution in [-0.2, 0) is 11.3 Å². The molecule has 136 valence electrons. The van der Waals surface area contributed by atoms with Crippen LogP contribution >= 0.6 is 11.8 Å². The fraction of sp³-hybridized carbons (Fsp3) is 0.350. The van der Waals surface area contributed by atoms with Crippen molar-refractivity contribution < 1.29 is 19.0 Å². The zero-order valence-corrected chi connectivity index (χ0v) is 15.5. The first kappa shape index (κ1) is 17.1. The molecule has 1 fully saturated rings. The fourth-order valence-electron chi connectivity index (χ4n) is 3.26. The van der Waals surface area contributed by atoms with Crippen LogP contribution in [0.25, 0.3) is 0 Å². The number of hydrogen-bond acceptors (Lipinski definition) is 5. The molecule has 2 heterocycles. The van der Waals surface area contributed by atoms with Crippen LogP contribution in [0.4, 0.5) is 0 Å². The average Bonchev–Trinajstić information content (AvgIpc) is 3.12. The van der Waals surface area contributed by atoms with Crippen molar-refractivity contribution in [2.75, 3.05) is 19.2 Å². The van der Waals surface area contributed by atoms with Crippen LogP contribution in [0.2, 0.25) is 0 Å². The Morgan fingerprint density at radius 1 is 1.19 bits per heavy atom. The van der Waals surface area contributed by atoms with Gasteiger partial charge in [0.25, 0.3) is 0 Å². The van der Waals surface area contributed by atoms with E-state index in [9.17, 15) is 4.79 Å². The maximum absolute atomic E-state index is 12.7. The van der Waals surface area contributed by atoms with Crippen molar-refractivity contribution in [3.63, 3.8) is 0 Å². The summed E-state index contributed by atoms with van der Waals surface area (Å²) >= 11 is 1.78. The predicted molar refractivity (Wildman–Crippen MR) is 101 cm³/mol. The van der Waals surface area contributed by atoms with Crippen LogP contribution < -0.4 is 14.2 Å². The van der Waals surface area contributed by atoms with E-state index in [-0.39, 0.29) is 18.1 Å². The highest BCUT2D eigenvalue weighted by Crippen LogP contribution is 2.42. The molecule has 0 aliphatic carbocycles. The van der Waals surface area contributed by atoms with Crippen molar-refractivity contribution in [2.45, 2.75) is 25.3 Å². The molecule has 1 unspecified atom stereocenters. The Labute approximate surface area is 157 Å². The van der Waals surface area contributed by atoms with Gasteiger partial charge in [-0.25, -0.2) is 0 Å². The zero-order valence-electron chi connectivity index (χ0n) is 14.6. The maximum Gasteiger partial charge on any atom is 0.231 e. The topological polar surface area (TPSA) is 48.0 Å². The largest absolute Gasteiger partial charge is 0.493 e. The van der Waals surface area contributed by atoms with E-state index in [4.69, 9.17) is 14.2 Å². The van der Waals surface area contributed by atoms with Gasteiger partial charge >= 0.3 is 0 Å². The first-order valence-electron chi connectivity index (χ1n) is 8.77. The summed E-state index contributed by atoms with van der Waals surface area (Å²) in [4.78, 5) is 14.6. The highest BCUT2D eigenvalue weighted by Gasteiger charge is 2.32. The quantitative estimate of drug-likeness (QED) is 0.796. The van der Waals surface area contributed by atoms with E-state index in [2.05, 4.69) is 0 Å². The summed E-state index contributed by atoms with van der Waals surface area (Å²) in [6.45, 7) is 3.36. The number of rotatable bonds is 5. The van der Waals surface area contributed by atoms with Gasteiger partial charge in [0.05, 0.1) is 6.61 Å². The zero-order chi connectivity index (χ0) is 17.9. The Bertz CT molecular complexity index is 810. The van der Waals surface area contributed by atoms with Gasteiger partial charge in [0.1, 0.15) is 11.1 Å². The molecule has 0 spiro atoms. The van der Waals surface area contributed by atoms with E-state index in [1.54, 1.807) is 11.8 Å². The van der Waals surface area contributed by atoms with Gasteiger partial charge in [-0.2, -0.15) is 0 Å². The lowest BCUT2D eigenvalue weighted by Crippen LogP contribution is -2.36. The molecular weight excluding hydrogens is 350 g/mol. The Balaban J connectivity index is 1.63. The highest BCUT2D eigenvalue weighted by atomic mass is 32.2. The number of para-hydroxylation sites is 1. The first-order chi connectivity index (χ1) is 12.8. The van der Waals surface area contributed by atoms with Gasteiger partial charge < -0.3 is 19.1 Å². The number of carbonyl (C=O) groups is 1. The standard InChI is InChI=1S/C20H21NO4S/c1-2-23-16-6-4-3-5-15(16)20-21(19(22)9-10-26-20)12-14-7-8-17-18(11-14)25-13-24-17/h3-8,11,20H,2,9-10,12-13H2,1H3. The summed E-state index contributed by atoms with van der Waals surface area (Å²) in [5.74, 6) is 3.33. The number of ether oxygens (including phenoxy) is 3. The van der Waals surface area contributed by atoms with E-state index in [0.717, 1.165) is 34.1 Å². The average molecular weight is 371 g/mol. The fourth-order valence-corrected chi connectivity index (χ4v) is 4.52. The number of carbonyl (C=O) groups excluding carboxylic acids is 1. The van der Waals surface area contributed by atoms with E-state index in [0.29, 0.717) is 19.6 Å². The Morgan fingerprint density at radius 3 is 2.92 bits per heavy atom. The second-order valence-electron chi connectivity index (χ2n) is 6.15. The molecule has 0 aromatic heterocycles. The SMILES string of the molecule is CCOc1ccccc1C1SCCC(=O)N1Cc1ccc2c(c1)OCO2. The molecule has 5 nitrogen and oxygen atoms in total. The molecule has 2 aromatic carbocycles. The van der Waals surface area contributed by atoms with Crippen LogP contribution in [0.5, 0.6) is 17.2 Å². The summed E-state index contributed by atoms with van der Waals surface area (Å²) in [7, 11) is 0. The third-order valence-electron chi connectivity index (χ3n) is 4.47. The van der Waals surface area contributed by atoms with Crippen molar-refractivity contribution in [1.82, 2.24) is 4.90 Å². The monoisotopic (exact) mass is 371 g/mol. The minimum atomic E-state index is -0.0515. The van der Waals surface area contributed by atoms with Gasteiger partial charge in [0, 0.05) is 24.3 Å². The van der Waals surface area contributed by atoms with Crippen LogP contribution in [-0.4, -0.2) is 30.0 Å². The van der Waals surface area contributed by atoms with Crippen molar-refractivity contribution in [3.8, 4) is 17.2 Å². The van der Waals surface area contributed by atoms with E-state index >= 15 is 0 Å². The number of amides is 1. The van der Waals surface area contributed by atoms with Gasteiger partial charge in [-0.05, 0) is 30.7 Å². The summed E-state index contributed by atoms with van der Waals surface area (Å²) < 4.78 is 16.6. The summed E-state index contributed by atoms with van der Waals surface area (Å²) in [6, 6.07) is 13.8. The molecule has 0 bridgehead atoms. The van der Waals surface area contributed by atoms with Crippen molar-refractivity contribution in [1.29, 1.82) is 0 Å². The third-order valence-corrected chi connectivity index (χ3v) is 5.73. The summed E-state index contributed by atoms with van der Waals surface area (Å²) in [6.07, 6.45) is 0.558.